The van der Waals surface area contributed by atoms with E-state index in [1.165, 1.54) is 18.4 Å². The molecule has 0 aliphatic heterocycles. The lowest BCUT2D eigenvalue weighted by Crippen LogP contribution is -2.36. The van der Waals surface area contributed by atoms with E-state index >= 15 is 0 Å². The SMILES string of the molecule is O=C(OC1CC2CC1C1C3C=CC(C3)C21)c1ccc(-c2ccccc2)cc1. The normalized spacial score (nSPS) is 37.6. The van der Waals surface area contributed by atoms with Gasteiger partial charge >= 0.3 is 5.97 Å². The fourth-order valence-electron chi connectivity index (χ4n) is 6.73. The molecule has 4 aliphatic rings. The molecule has 2 nitrogen and oxygen atoms in total. The maximum absolute atomic E-state index is 12.7. The van der Waals surface area contributed by atoms with Crippen LogP contribution >= 0.6 is 0 Å². The van der Waals surface area contributed by atoms with Gasteiger partial charge in [-0.15, -0.1) is 0 Å². The van der Waals surface area contributed by atoms with Gasteiger partial charge in [0.05, 0.1) is 5.56 Å². The van der Waals surface area contributed by atoms with Crippen molar-refractivity contribution in [2.24, 2.45) is 35.5 Å². The third kappa shape index (κ3) is 2.35. The number of hydrogen-bond donors (Lipinski definition) is 0. The van der Waals surface area contributed by atoms with Crippen molar-refractivity contribution in [2.75, 3.05) is 0 Å². The lowest BCUT2D eigenvalue weighted by Gasteiger charge is -2.36. The van der Waals surface area contributed by atoms with E-state index in [2.05, 4.69) is 24.3 Å². The quantitative estimate of drug-likeness (QED) is 0.420. The minimum absolute atomic E-state index is 0.130. The van der Waals surface area contributed by atoms with Crippen LogP contribution in [0.1, 0.15) is 29.6 Å². The number of allylic oxidation sites excluding steroid dienone is 2. The molecular formula is C25H24O2. The standard InChI is InChI=1S/C25H24O2/c26-25(17-8-6-16(7-9-17)15-4-2-1-3-5-15)27-22-14-20-13-21(22)24-19-11-10-18(12-19)23(20)24/h1-11,18-24H,12-14H2. The molecule has 2 aromatic carbocycles. The highest BCUT2D eigenvalue weighted by molar-refractivity contribution is 5.90. The first-order valence-electron chi connectivity index (χ1n) is 10.3. The number of fused-ring (bicyclic) bond motifs is 9. The zero-order chi connectivity index (χ0) is 18.0. The summed E-state index contributed by atoms with van der Waals surface area (Å²) in [4.78, 5) is 12.7. The molecule has 0 heterocycles. The molecule has 0 amide bonds. The first-order valence-corrected chi connectivity index (χ1v) is 10.3. The second-order valence-corrected chi connectivity index (χ2v) is 8.89. The van der Waals surface area contributed by atoms with Gasteiger partial charge in [-0.2, -0.15) is 0 Å². The maximum Gasteiger partial charge on any atom is 0.338 e. The Morgan fingerprint density at radius 2 is 1.48 bits per heavy atom. The number of benzene rings is 2. The molecule has 136 valence electrons. The summed E-state index contributed by atoms with van der Waals surface area (Å²) in [5.41, 5.74) is 2.96. The van der Waals surface area contributed by atoms with Crippen molar-refractivity contribution in [3.05, 3.63) is 72.3 Å². The van der Waals surface area contributed by atoms with Crippen LogP contribution in [-0.4, -0.2) is 12.1 Å². The number of ether oxygens (including phenoxy) is 1. The molecule has 6 rings (SSSR count). The molecule has 2 heteroatoms. The Kier molecular flexibility index (Phi) is 3.38. The zero-order valence-electron chi connectivity index (χ0n) is 15.3. The molecule has 4 aliphatic carbocycles. The summed E-state index contributed by atoms with van der Waals surface area (Å²) in [5, 5.41) is 0. The highest BCUT2D eigenvalue weighted by atomic mass is 16.5. The van der Waals surface area contributed by atoms with Crippen LogP contribution in [0.2, 0.25) is 0 Å². The van der Waals surface area contributed by atoms with Crippen LogP contribution in [0, 0.1) is 35.5 Å². The van der Waals surface area contributed by atoms with Crippen LogP contribution in [-0.2, 0) is 4.74 Å². The van der Waals surface area contributed by atoms with Crippen LogP contribution in [0.3, 0.4) is 0 Å². The van der Waals surface area contributed by atoms with E-state index in [1.807, 2.05) is 42.5 Å². The third-order valence-electron chi connectivity index (χ3n) is 7.70. The van der Waals surface area contributed by atoms with Gasteiger partial charge in [-0.3, -0.25) is 0 Å². The monoisotopic (exact) mass is 356 g/mol. The summed E-state index contributed by atoms with van der Waals surface area (Å²) in [7, 11) is 0. The Labute approximate surface area is 160 Å². The van der Waals surface area contributed by atoms with E-state index in [-0.39, 0.29) is 12.1 Å². The molecule has 0 N–H and O–H groups in total. The molecule has 7 atom stereocenters. The van der Waals surface area contributed by atoms with Crippen LogP contribution < -0.4 is 0 Å². The van der Waals surface area contributed by atoms with Crippen LogP contribution in [0.15, 0.2) is 66.7 Å². The van der Waals surface area contributed by atoms with Gasteiger partial charge < -0.3 is 4.74 Å². The first-order chi connectivity index (χ1) is 13.3. The van der Waals surface area contributed by atoms with Crippen LogP contribution in [0.25, 0.3) is 11.1 Å². The third-order valence-corrected chi connectivity index (χ3v) is 7.70. The van der Waals surface area contributed by atoms with Crippen LogP contribution in [0.4, 0.5) is 0 Å². The van der Waals surface area contributed by atoms with Crippen molar-refractivity contribution in [1.29, 1.82) is 0 Å². The largest absolute Gasteiger partial charge is 0.458 e. The average molecular weight is 356 g/mol. The van der Waals surface area contributed by atoms with Gasteiger partial charge in [0, 0.05) is 0 Å². The second kappa shape index (κ2) is 5.82. The van der Waals surface area contributed by atoms with E-state index in [4.69, 9.17) is 4.74 Å². The lowest BCUT2D eigenvalue weighted by molar-refractivity contribution is -0.00410. The summed E-state index contributed by atoms with van der Waals surface area (Å²) in [6.07, 6.45) is 8.73. The van der Waals surface area contributed by atoms with Gasteiger partial charge in [-0.25, -0.2) is 4.79 Å². The Morgan fingerprint density at radius 1 is 0.778 bits per heavy atom. The van der Waals surface area contributed by atoms with Crippen LogP contribution in [0.5, 0.6) is 0 Å². The van der Waals surface area contributed by atoms with E-state index in [9.17, 15) is 4.79 Å². The fraction of sp³-hybridized carbons (Fsp3) is 0.400. The van der Waals surface area contributed by atoms with Crippen molar-refractivity contribution in [3.8, 4) is 11.1 Å². The minimum atomic E-state index is -0.151. The van der Waals surface area contributed by atoms with Gasteiger partial charge in [0.2, 0.25) is 0 Å². The summed E-state index contributed by atoms with van der Waals surface area (Å²) in [6, 6.07) is 18.1. The van der Waals surface area contributed by atoms with Gasteiger partial charge in [-0.05, 0) is 78.0 Å². The van der Waals surface area contributed by atoms with E-state index in [1.54, 1.807) is 0 Å². The molecule has 3 saturated carbocycles. The summed E-state index contributed by atoms with van der Waals surface area (Å²) in [5.74, 6) is 4.44. The Balaban J connectivity index is 1.17. The van der Waals surface area contributed by atoms with Gasteiger partial charge in [-0.1, -0.05) is 54.6 Å². The van der Waals surface area contributed by atoms with Gasteiger partial charge in [0.1, 0.15) is 6.10 Å². The summed E-state index contributed by atoms with van der Waals surface area (Å²) >= 11 is 0. The number of hydrogen-bond acceptors (Lipinski definition) is 2. The van der Waals surface area contributed by atoms with Crippen molar-refractivity contribution >= 4 is 5.97 Å². The molecule has 7 unspecified atom stereocenters. The maximum atomic E-state index is 12.7. The van der Waals surface area contributed by atoms with Crippen molar-refractivity contribution in [2.45, 2.75) is 25.4 Å². The topological polar surface area (TPSA) is 26.3 Å². The Bertz CT molecular complexity index is 898. The van der Waals surface area contributed by atoms with Crippen molar-refractivity contribution in [1.82, 2.24) is 0 Å². The summed E-state index contributed by atoms with van der Waals surface area (Å²) in [6.45, 7) is 0. The molecule has 27 heavy (non-hydrogen) atoms. The molecular weight excluding hydrogens is 332 g/mol. The minimum Gasteiger partial charge on any atom is -0.458 e. The molecule has 0 radical (unpaired) electrons. The second-order valence-electron chi connectivity index (χ2n) is 8.89. The van der Waals surface area contributed by atoms with E-state index in [0.717, 1.165) is 41.6 Å². The molecule has 0 saturated heterocycles. The highest BCUT2D eigenvalue weighted by Gasteiger charge is 2.61. The van der Waals surface area contributed by atoms with Crippen molar-refractivity contribution < 1.29 is 9.53 Å². The smallest absolute Gasteiger partial charge is 0.338 e. The number of carbonyl (C=O) groups is 1. The van der Waals surface area contributed by atoms with E-state index < -0.39 is 0 Å². The van der Waals surface area contributed by atoms with Crippen molar-refractivity contribution in [3.63, 3.8) is 0 Å². The Morgan fingerprint density at radius 3 is 2.26 bits per heavy atom. The number of carbonyl (C=O) groups excluding carboxylic acids is 1. The van der Waals surface area contributed by atoms with Gasteiger partial charge in [0.15, 0.2) is 0 Å². The number of esters is 1. The number of rotatable bonds is 3. The average Bonchev–Trinajstić information content (AvgIpc) is 3.48. The molecule has 0 spiro atoms. The zero-order valence-corrected chi connectivity index (χ0v) is 15.3. The Hall–Kier alpha value is -2.35. The van der Waals surface area contributed by atoms with E-state index in [0.29, 0.717) is 11.5 Å². The predicted octanol–water partition coefficient (Wildman–Crippen LogP) is 5.36. The molecule has 0 aromatic heterocycles. The summed E-state index contributed by atoms with van der Waals surface area (Å²) < 4.78 is 6.03. The molecule has 2 aromatic rings. The molecule has 4 bridgehead atoms. The predicted molar refractivity (Wildman–Crippen MR) is 105 cm³/mol. The fourth-order valence-corrected chi connectivity index (χ4v) is 6.73. The first kappa shape index (κ1) is 15.7. The lowest BCUT2D eigenvalue weighted by atomic mass is 9.72. The highest BCUT2D eigenvalue weighted by Crippen LogP contribution is 2.65. The molecule has 3 fully saturated rings. The van der Waals surface area contributed by atoms with Gasteiger partial charge in [0.25, 0.3) is 0 Å².